The van der Waals surface area contributed by atoms with Gasteiger partial charge in [-0.25, -0.2) is 9.37 Å². The van der Waals surface area contributed by atoms with Gasteiger partial charge in [0.15, 0.2) is 0 Å². The minimum atomic E-state index is -0.277. The number of rotatable bonds is 1. The second-order valence-electron chi connectivity index (χ2n) is 3.45. The maximum absolute atomic E-state index is 13.1. The zero-order valence-electron chi connectivity index (χ0n) is 8.74. The van der Waals surface area contributed by atoms with E-state index in [9.17, 15) is 4.39 Å². The minimum Gasteiger partial charge on any atom is -0.242 e. The van der Waals surface area contributed by atoms with E-state index >= 15 is 0 Å². The first-order valence-corrected chi connectivity index (χ1v) is 4.84. The van der Waals surface area contributed by atoms with Crippen molar-refractivity contribution in [2.75, 3.05) is 0 Å². The fourth-order valence-corrected chi connectivity index (χ4v) is 1.58. The molecule has 2 nitrogen and oxygen atoms in total. The Balaban J connectivity index is 2.53. The number of hydrogen-bond donors (Lipinski definition) is 0. The summed E-state index contributed by atoms with van der Waals surface area (Å²) < 4.78 is 13.1. The van der Waals surface area contributed by atoms with Crippen molar-refractivity contribution in [1.29, 1.82) is 5.26 Å². The monoisotopic (exact) mass is 212 g/mol. The molecule has 2 aromatic rings. The molecular weight excluding hydrogens is 203 g/mol. The lowest BCUT2D eigenvalue weighted by atomic mass is 10.0. The van der Waals surface area contributed by atoms with Gasteiger partial charge in [-0.15, -0.1) is 0 Å². The first-order valence-electron chi connectivity index (χ1n) is 4.84. The first kappa shape index (κ1) is 10.3. The van der Waals surface area contributed by atoms with Crippen molar-refractivity contribution in [3.8, 4) is 17.2 Å². The van der Waals surface area contributed by atoms with Crippen LogP contribution in [0.1, 0.15) is 11.4 Å². The van der Waals surface area contributed by atoms with Crippen molar-refractivity contribution in [3.05, 3.63) is 53.6 Å². The van der Waals surface area contributed by atoms with Crippen LogP contribution in [0, 0.1) is 24.1 Å². The summed E-state index contributed by atoms with van der Waals surface area (Å²) in [6.45, 7) is 1.81. The van der Waals surface area contributed by atoms with Gasteiger partial charge in [-0.2, -0.15) is 5.26 Å². The molecule has 0 aliphatic rings. The van der Waals surface area contributed by atoms with Crippen molar-refractivity contribution >= 4 is 0 Å². The van der Waals surface area contributed by atoms with Gasteiger partial charge in [0.05, 0.1) is 0 Å². The summed E-state index contributed by atoms with van der Waals surface area (Å²) in [7, 11) is 0. The normalized spacial score (nSPS) is 9.81. The predicted molar refractivity (Wildman–Crippen MR) is 59.1 cm³/mol. The smallest absolute Gasteiger partial charge is 0.140 e. The van der Waals surface area contributed by atoms with Crippen LogP contribution in [-0.4, -0.2) is 4.98 Å². The summed E-state index contributed by atoms with van der Waals surface area (Å²) in [5.74, 6) is -0.277. The van der Waals surface area contributed by atoms with Crippen molar-refractivity contribution in [1.82, 2.24) is 4.98 Å². The molecule has 3 heteroatoms. The third-order valence-corrected chi connectivity index (χ3v) is 2.34. The van der Waals surface area contributed by atoms with Crippen LogP contribution in [0.4, 0.5) is 4.39 Å². The summed E-state index contributed by atoms with van der Waals surface area (Å²) in [6, 6.07) is 11.7. The quantitative estimate of drug-likeness (QED) is 0.728. The van der Waals surface area contributed by atoms with Gasteiger partial charge in [0, 0.05) is 11.3 Å². The van der Waals surface area contributed by atoms with Crippen molar-refractivity contribution < 1.29 is 4.39 Å². The van der Waals surface area contributed by atoms with Crippen molar-refractivity contribution in [2.24, 2.45) is 0 Å². The van der Waals surface area contributed by atoms with E-state index in [1.54, 1.807) is 25.1 Å². The largest absolute Gasteiger partial charge is 0.242 e. The van der Waals surface area contributed by atoms with Gasteiger partial charge < -0.3 is 0 Å². The Hall–Kier alpha value is -2.21. The number of hydrogen-bond acceptors (Lipinski definition) is 2. The van der Waals surface area contributed by atoms with E-state index in [2.05, 4.69) is 4.98 Å². The van der Waals surface area contributed by atoms with Crippen LogP contribution in [0.3, 0.4) is 0 Å². The second kappa shape index (κ2) is 4.11. The Labute approximate surface area is 93.0 Å². The number of halogens is 1. The van der Waals surface area contributed by atoms with E-state index in [0.29, 0.717) is 5.69 Å². The Kier molecular flexibility index (Phi) is 2.65. The molecule has 16 heavy (non-hydrogen) atoms. The number of pyridine rings is 1. The molecular formula is C13H9FN2. The Morgan fingerprint density at radius 1 is 1.25 bits per heavy atom. The second-order valence-corrected chi connectivity index (χ2v) is 3.45. The molecule has 1 aromatic carbocycles. The molecule has 0 unspecified atom stereocenters. The number of nitrogens with zero attached hydrogens (tertiary/aromatic N) is 2. The molecule has 78 valence electrons. The lowest BCUT2D eigenvalue weighted by Crippen LogP contribution is -1.91. The van der Waals surface area contributed by atoms with Crippen LogP contribution in [0.15, 0.2) is 36.4 Å². The predicted octanol–water partition coefficient (Wildman–Crippen LogP) is 3.07. The molecule has 0 aliphatic carbocycles. The van der Waals surface area contributed by atoms with Crippen molar-refractivity contribution in [2.45, 2.75) is 6.92 Å². The fraction of sp³-hybridized carbons (Fsp3) is 0.0769. The first-order chi connectivity index (χ1) is 7.70. The summed E-state index contributed by atoms with van der Waals surface area (Å²) >= 11 is 0. The summed E-state index contributed by atoms with van der Waals surface area (Å²) in [5.41, 5.74) is 2.72. The summed E-state index contributed by atoms with van der Waals surface area (Å²) in [5, 5.41) is 8.70. The molecule has 0 bridgehead atoms. The zero-order valence-corrected chi connectivity index (χ0v) is 8.74. The maximum atomic E-state index is 13.1. The van der Waals surface area contributed by atoms with E-state index in [0.717, 1.165) is 16.8 Å². The van der Waals surface area contributed by atoms with E-state index in [-0.39, 0.29) is 5.82 Å². The lowest BCUT2D eigenvalue weighted by Gasteiger charge is -2.05. The van der Waals surface area contributed by atoms with Crippen LogP contribution in [0.25, 0.3) is 11.1 Å². The lowest BCUT2D eigenvalue weighted by molar-refractivity contribution is 0.628. The molecule has 0 fully saturated rings. The summed E-state index contributed by atoms with van der Waals surface area (Å²) in [4.78, 5) is 4.11. The molecule has 1 aromatic heterocycles. The number of benzene rings is 1. The highest BCUT2D eigenvalue weighted by molar-refractivity contribution is 5.66. The number of nitriles is 1. The zero-order chi connectivity index (χ0) is 11.5. The molecule has 0 saturated heterocycles. The highest BCUT2D eigenvalue weighted by Crippen LogP contribution is 2.22. The third-order valence-electron chi connectivity index (χ3n) is 2.34. The van der Waals surface area contributed by atoms with Crippen molar-refractivity contribution in [3.63, 3.8) is 0 Å². The standard InChI is InChI=1S/C13H9FN2/c1-9-13(6-5-12(8-15)16-9)10-3-2-4-11(14)7-10/h2-7H,1H3. The molecule has 0 saturated carbocycles. The Morgan fingerprint density at radius 2 is 2.06 bits per heavy atom. The van der Waals surface area contributed by atoms with Gasteiger partial charge in [0.2, 0.25) is 0 Å². The fourth-order valence-electron chi connectivity index (χ4n) is 1.58. The minimum absolute atomic E-state index is 0.277. The summed E-state index contributed by atoms with van der Waals surface area (Å²) in [6.07, 6.45) is 0. The molecule has 0 atom stereocenters. The van der Waals surface area contributed by atoms with Gasteiger partial charge in [-0.3, -0.25) is 0 Å². The molecule has 1 heterocycles. The topological polar surface area (TPSA) is 36.7 Å². The molecule has 2 rings (SSSR count). The van der Waals surface area contributed by atoms with Crippen LogP contribution in [0.2, 0.25) is 0 Å². The molecule has 0 amide bonds. The van der Waals surface area contributed by atoms with Crippen LogP contribution in [-0.2, 0) is 0 Å². The highest BCUT2D eigenvalue weighted by atomic mass is 19.1. The number of aromatic nitrogens is 1. The maximum Gasteiger partial charge on any atom is 0.140 e. The van der Waals surface area contributed by atoms with E-state index in [4.69, 9.17) is 5.26 Å². The van der Waals surface area contributed by atoms with Gasteiger partial charge in [0.25, 0.3) is 0 Å². The Morgan fingerprint density at radius 3 is 2.69 bits per heavy atom. The SMILES string of the molecule is Cc1nc(C#N)ccc1-c1cccc(F)c1. The van der Waals surface area contributed by atoms with Gasteiger partial charge >= 0.3 is 0 Å². The van der Waals surface area contributed by atoms with E-state index in [1.807, 2.05) is 12.1 Å². The van der Waals surface area contributed by atoms with Crippen LogP contribution < -0.4 is 0 Å². The number of aryl methyl sites for hydroxylation is 1. The van der Waals surface area contributed by atoms with Crippen LogP contribution >= 0.6 is 0 Å². The average molecular weight is 212 g/mol. The van der Waals surface area contributed by atoms with E-state index in [1.165, 1.54) is 12.1 Å². The highest BCUT2D eigenvalue weighted by Gasteiger charge is 2.04. The van der Waals surface area contributed by atoms with E-state index < -0.39 is 0 Å². The molecule has 0 aliphatic heterocycles. The van der Waals surface area contributed by atoms with Crippen LogP contribution in [0.5, 0.6) is 0 Å². The average Bonchev–Trinajstić information content (AvgIpc) is 2.28. The van der Waals surface area contributed by atoms with Gasteiger partial charge in [0.1, 0.15) is 17.6 Å². The van der Waals surface area contributed by atoms with Gasteiger partial charge in [-0.05, 0) is 36.8 Å². The molecule has 0 radical (unpaired) electrons. The third kappa shape index (κ3) is 1.91. The Bertz CT molecular complexity index is 570. The molecule has 0 N–H and O–H groups in total. The molecule has 0 spiro atoms. The van der Waals surface area contributed by atoms with Gasteiger partial charge in [-0.1, -0.05) is 12.1 Å².